The van der Waals surface area contributed by atoms with E-state index in [0.29, 0.717) is 18.1 Å². The van der Waals surface area contributed by atoms with Crippen LogP contribution in [0, 0.1) is 13.8 Å². The summed E-state index contributed by atoms with van der Waals surface area (Å²) >= 11 is 0. The van der Waals surface area contributed by atoms with Gasteiger partial charge in [0.25, 0.3) is 0 Å². The van der Waals surface area contributed by atoms with E-state index in [1.807, 2.05) is 55.2 Å². The average Bonchev–Trinajstić information content (AvgIpc) is 2.89. The van der Waals surface area contributed by atoms with Crippen LogP contribution >= 0.6 is 0 Å². The molecule has 6 nitrogen and oxygen atoms in total. The number of nitrogens with two attached hydrogens (primary N) is 1. The van der Waals surface area contributed by atoms with Gasteiger partial charge in [-0.15, -0.1) is 5.11 Å². The van der Waals surface area contributed by atoms with Crippen molar-refractivity contribution >= 4 is 17.2 Å². The molecule has 0 saturated carbocycles. The third kappa shape index (κ3) is 3.48. The molecule has 3 aromatic rings. The first kappa shape index (κ1) is 15.9. The topological polar surface area (TPSA) is 72.4 Å². The van der Waals surface area contributed by atoms with Crippen molar-refractivity contribution in [3.63, 3.8) is 0 Å². The summed E-state index contributed by atoms with van der Waals surface area (Å²) in [5.74, 6) is 0.511. The Balaban J connectivity index is 1.79. The molecule has 0 unspecified atom stereocenters. The highest BCUT2D eigenvalue weighted by Crippen LogP contribution is 2.26. The largest absolute Gasteiger partial charge is 0.382 e. The lowest BCUT2D eigenvalue weighted by atomic mass is 10.1. The Bertz CT molecular complexity index is 877. The molecule has 2 aromatic heterocycles. The highest BCUT2D eigenvalue weighted by Gasteiger charge is 2.08. The van der Waals surface area contributed by atoms with Crippen LogP contribution in [-0.2, 0) is 13.6 Å². The molecule has 0 fully saturated rings. The zero-order valence-electron chi connectivity index (χ0n) is 14.1. The normalized spacial score (nSPS) is 11.3. The molecule has 2 heterocycles. The molecule has 0 amide bonds. The summed E-state index contributed by atoms with van der Waals surface area (Å²) in [5.41, 5.74) is 11.0. The minimum absolute atomic E-state index is 0.511. The Kier molecular flexibility index (Phi) is 4.37. The number of hydrogen-bond donors (Lipinski definition) is 1. The van der Waals surface area contributed by atoms with Crippen LogP contribution in [0.5, 0.6) is 0 Å². The molecule has 0 spiro atoms. The Morgan fingerprint density at radius 1 is 1.08 bits per heavy atom. The van der Waals surface area contributed by atoms with Crippen LogP contribution in [0.2, 0.25) is 0 Å². The Morgan fingerprint density at radius 3 is 2.50 bits per heavy atom. The number of azo groups is 1. The maximum atomic E-state index is 6.15. The van der Waals surface area contributed by atoms with Gasteiger partial charge in [0.15, 0.2) is 12.4 Å². The standard InChI is InChI=1S/C18H21N6/c1-13-4-5-16(14(2)10-13)21-22-17-11-20-24(18(17)19)12-15-6-8-23(3)9-7-15/h4-11H,12,19H2,1-3H3/q+1. The molecule has 122 valence electrons. The van der Waals surface area contributed by atoms with Gasteiger partial charge in [-0.3, -0.25) is 0 Å². The number of aryl methyl sites for hydroxylation is 3. The monoisotopic (exact) mass is 321 g/mol. The first-order valence-corrected chi connectivity index (χ1v) is 7.77. The summed E-state index contributed by atoms with van der Waals surface area (Å²) in [6, 6.07) is 10.1. The second-order valence-electron chi connectivity index (χ2n) is 5.93. The quantitative estimate of drug-likeness (QED) is 0.591. The van der Waals surface area contributed by atoms with E-state index in [2.05, 4.69) is 28.3 Å². The number of benzene rings is 1. The number of anilines is 1. The molecule has 0 radical (unpaired) electrons. The first-order valence-electron chi connectivity index (χ1n) is 7.77. The molecule has 24 heavy (non-hydrogen) atoms. The number of nitrogens with zero attached hydrogens (tertiary/aromatic N) is 5. The van der Waals surface area contributed by atoms with Crippen LogP contribution < -0.4 is 10.3 Å². The molecule has 2 N–H and O–H groups in total. The molecule has 0 atom stereocenters. The van der Waals surface area contributed by atoms with Crippen molar-refractivity contribution in [3.05, 3.63) is 65.6 Å². The Labute approximate surface area is 141 Å². The number of nitrogen functional groups attached to an aromatic ring is 1. The van der Waals surface area contributed by atoms with Gasteiger partial charge in [0, 0.05) is 12.1 Å². The molecule has 0 aliphatic carbocycles. The number of pyridine rings is 1. The predicted octanol–water partition coefficient (Wildman–Crippen LogP) is 3.37. The van der Waals surface area contributed by atoms with Gasteiger partial charge in [-0.05, 0) is 31.0 Å². The second kappa shape index (κ2) is 6.62. The number of rotatable bonds is 4. The summed E-state index contributed by atoms with van der Waals surface area (Å²) in [6.07, 6.45) is 5.64. The van der Waals surface area contributed by atoms with Crippen molar-refractivity contribution in [2.75, 3.05) is 5.73 Å². The van der Waals surface area contributed by atoms with Crippen molar-refractivity contribution in [3.8, 4) is 0 Å². The minimum Gasteiger partial charge on any atom is -0.382 e. The van der Waals surface area contributed by atoms with E-state index in [-0.39, 0.29) is 0 Å². The Hall–Kier alpha value is -3.02. The molecule has 6 heteroatoms. The maximum absolute atomic E-state index is 6.15. The van der Waals surface area contributed by atoms with Gasteiger partial charge in [0.05, 0.1) is 18.4 Å². The first-order chi connectivity index (χ1) is 11.5. The van der Waals surface area contributed by atoms with Gasteiger partial charge in [-0.2, -0.15) is 10.2 Å². The van der Waals surface area contributed by atoms with E-state index in [9.17, 15) is 0 Å². The van der Waals surface area contributed by atoms with Crippen molar-refractivity contribution in [2.24, 2.45) is 17.3 Å². The third-order valence-corrected chi connectivity index (χ3v) is 3.86. The summed E-state index contributed by atoms with van der Waals surface area (Å²) in [6.45, 7) is 4.68. The lowest BCUT2D eigenvalue weighted by Gasteiger charge is -2.03. The SMILES string of the molecule is Cc1ccc(N=Nc2cnn(Cc3cc[n+](C)cc3)c2N)c(C)c1. The van der Waals surface area contributed by atoms with Crippen LogP contribution in [0.3, 0.4) is 0 Å². The van der Waals surface area contributed by atoms with Gasteiger partial charge in [-0.1, -0.05) is 17.7 Å². The number of hydrogen-bond acceptors (Lipinski definition) is 4. The van der Waals surface area contributed by atoms with Crippen molar-refractivity contribution < 1.29 is 4.57 Å². The van der Waals surface area contributed by atoms with Gasteiger partial charge in [0.1, 0.15) is 18.6 Å². The van der Waals surface area contributed by atoms with Gasteiger partial charge in [0.2, 0.25) is 0 Å². The van der Waals surface area contributed by atoms with Crippen LogP contribution in [0.15, 0.2) is 59.2 Å². The smallest absolute Gasteiger partial charge is 0.168 e. The molecule has 1 aromatic carbocycles. The molecule has 3 rings (SSSR count). The van der Waals surface area contributed by atoms with E-state index in [1.54, 1.807) is 10.9 Å². The van der Waals surface area contributed by atoms with E-state index in [1.165, 1.54) is 5.56 Å². The van der Waals surface area contributed by atoms with E-state index < -0.39 is 0 Å². The Morgan fingerprint density at radius 2 is 1.79 bits per heavy atom. The maximum Gasteiger partial charge on any atom is 0.168 e. The summed E-state index contributed by atoms with van der Waals surface area (Å²) < 4.78 is 3.71. The molecular weight excluding hydrogens is 300 g/mol. The fourth-order valence-corrected chi connectivity index (χ4v) is 2.42. The summed E-state index contributed by atoms with van der Waals surface area (Å²) in [5, 5.41) is 12.9. The molecule has 0 aliphatic heterocycles. The predicted molar refractivity (Wildman–Crippen MR) is 93.5 cm³/mol. The highest BCUT2D eigenvalue weighted by atomic mass is 15.3. The fraction of sp³-hybridized carbons (Fsp3) is 0.222. The molecule has 0 aliphatic rings. The molecular formula is C18H21N6+. The lowest BCUT2D eigenvalue weighted by Crippen LogP contribution is -2.26. The van der Waals surface area contributed by atoms with Gasteiger partial charge < -0.3 is 5.73 Å². The van der Waals surface area contributed by atoms with Crippen LogP contribution in [0.1, 0.15) is 16.7 Å². The highest BCUT2D eigenvalue weighted by molar-refractivity contribution is 5.57. The summed E-state index contributed by atoms with van der Waals surface area (Å²) in [7, 11) is 1.98. The lowest BCUT2D eigenvalue weighted by molar-refractivity contribution is -0.671. The van der Waals surface area contributed by atoms with Crippen LogP contribution in [0.4, 0.5) is 17.2 Å². The van der Waals surface area contributed by atoms with E-state index in [0.717, 1.165) is 16.8 Å². The molecule has 0 bridgehead atoms. The minimum atomic E-state index is 0.511. The van der Waals surface area contributed by atoms with Crippen molar-refractivity contribution in [1.29, 1.82) is 0 Å². The van der Waals surface area contributed by atoms with E-state index in [4.69, 9.17) is 5.73 Å². The van der Waals surface area contributed by atoms with Crippen molar-refractivity contribution in [1.82, 2.24) is 9.78 Å². The zero-order chi connectivity index (χ0) is 17.1. The second-order valence-corrected chi connectivity index (χ2v) is 5.93. The van der Waals surface area contributed by atoms with Crippen molar-refractivity contribution in [2.45, 2.75) is 20.4 Å². The van der Waals surface area contributed by atoms with Crippen LogP contribution in [0.25, 0.3) is 0 Å². The summed E-state index contributed by atoms with van der Waals surface area (Å²) in [4.78, 5) is 0. The zero-order valence-corrected chi connectivity index (χ0v) is 14.1. The average molecular weight is 321 g/mol. The van der Waals surface area contributed by atoms with Crippen LogP contribution in [-0.4, -0.2) is 9.78 Å². The van der Waals surface area contributed by atoms with Gasteiger partial charge in [-0.25, -0.2) is 9.25 Å². The van der Waals surface area contributed by atoms with E-state index >= 15 is 0 Å². The third-order valence-electron chi connectivity index (χ3n) is 3.86. The fourth-order valence-electron chi connectivity index (χ4n) is 2.42. The van der Waals surface area contributed by atoms with Gasteiger partial charge >= 0.3 is 0 Å². The number of aromatic nitrogens is 3. The molecule has 0 saturated heterocycles.